The fraction of sp³-hybridized carbons (Fsp3) is 0.467. The zero-order chi connectivity index (χ0) is 15.5. The van der Waals surface area contributed by atoms with E-state index in [1.54, 1.807) is 12.1 Å². The highest BCUT2D eigenvalue weighted by Gasteiger charge is 2.27. The van der Waals surface area contributed by atoms with E-state index in [0.717, 1.165) is 19.4 Å². The van der Waals surface area contributed by atoms with Crippen LogP contribution in [0.4, 0.5) is 4.39 Å². The van der Waals surface area contributed by atoms with E-state index in [4.69, 9.17) is 21.9 Å². The van der Waals surface area contributed by atoms with Crippen LogP contribution in [-0.2, 0) is 19.5 Å². The fourth-order valence-corrected chi connectivity index (χ4v) is 3.16. The average Bonchev–Trinajstić information content (AvgIpc) is 3.13. The Morgan fingerprint density at radius 2 is 2.32 bits per heavy atom. The zero-order valence-corrected chi connectivity index (χ0v) is 12.9. The van der Waals surface area contributed by atoms with Crippen LogP contribution >= 0.6 is 11.6 Å². The molecule has 0 saturated carbocycles. The van der Waals surface area contributed by atoms with Gasteiger partial charge in [0.1, 0.15) is 5.82 Å². The van der Waals surface area contributed by atoms with Gasteiger partial charge in [-0.3, -0.25) is 4.90 Å². The van der Waals surface area contributed by atoms with Gasteiger partial charge in [0.2, 0.25) is 5.89 Å². The van der Waals surface area contributed by atoms with Gasteiger partial charge in [-0.15, -0.1) is 0 Å². The Labute approximate surface area is 133 Å². The van der Waals surface area contributed by atoms with Crippen molar-refractivity contribution in [3.8, 4) is 0 Å². The third-order valence-corrected chi connectivity index (χ3v) is 4.38. The number of aromatic nitrogens is 2. The van der Waals surface area contributed by atoms with Crippen molar-refractivity contribution in [3.05, 3.63) is 46.3 Å². The molecule has 1 aliphatic rings. The summed E-state index contributed by atoms with van der Waals surface area (Å²) in [5.74, 6) is 0.805. The number of hydrogen-bond acceptors (Lipinski definition) is 5. The SMILES string of the molecule is NCc1nc(CN2CCCC2Cc2c(F)cccc2Cl)no1. The maximum absolute atomic E-state index is 14.0. The third-order valence-electron chi connectivity index (χ3n) is 4.03. The predicted octanol–water partition coefficient (Wildman–Crippen LogP) is 2.53. The van der Waals surface area contributed by atoms with Gasteiger partial charge in [-0.05, 0) is 37.9 Å². The molecule has 2 N–H and O–H groups in total. The lowest BCUT2D eigenvalue weighted by atomic mass is 10.0. The molecule has 1 unspecified atom stereocenters. The first-order chi connectivity index (χ1) is 10.7. The number of nitrogens with zero attached hydrogens (tertiary/aromatic N) is 3. The monoisotopic (exact) mass is 324 g/mol. The van der Waals surface area contributed by atoms with Crippen molar-refractivity contribution in [2.45, 2.75) is 38.4 Å². The molecule has 2 heterocycles. The molecular weight excluding hydrogens is 307 g/mol. The highest BCUT2D eigenvalue weighted by atomic mass is 35.5. The van der Waals surface area contributed by atoms with Gasteiger partial charge < -0.3 is 10.3 Å². The lowest BCUT2D eigenvalue weighted by molar-refractivity contribution is 0.233. The van der Waals surface area contributed by atoms with Crippen LogP contribution in [0, 0.1) is 5.82 Å². The van der Waals surface area contributed by atoms with Crippen molar-refractivity contribution in [1.29, 1.82) is 0 Å². The van der Waals surface area contributed by atoms with Gasteiger partial charge in [0.25, 0.3) is 0 Å². The first-order valence-electron chi connectivity index (χ1n) is 7.36. The van der Waals surface area contributed by atoms with Gasteiger partial charge in [0, 0.05) is 16.6 Å². The largest absolute Gasteiger partial charge is 0.338 e. The van der Waals surface area contributed by atoms with E-state index >= 15 is 0 Å². The number of likely N-dealkylation sites (tertiary alicyclic amines) is 1. The predicted molar refractivity (Wildman–Crippen MR) is 80.7 cm³/mol. The molecule has 1 aromatic heterocycles. The number of nitrogens with two attached hydrogens (primary N) is 1. The van der Waals surface area contributed by atoms with Gasteiger partial charge in [-0.2, -0.15) is 4.98 Å². The molecule has 1 fully saturated rings. The summed E-state index contributed by atoms with van der Waals surface area (Å²) in [5, 5.41) is 4.40. The Kier molecular flexibility index (Phi) is 4.71. The topological polar surface area (TPSA) is 68.2 Å². The summed E-state index contributed by atoms with van der Waals surface area (Å²) in [6.07, 6.45) is 2.66. The molecule has 1 aliphatic heterocycles. The van der Waals surface area contributed by atoms with Crippen molar-refractivity contribution >= 4 is 11.6 Å². The van der Waals surface area contributed by atoms with Crippen molar-refractivity contribution < 1.29 is 8.91 Å². The zero-order valence-electron chi connectivity index (χ0n) is 12.1. The van der Waals surface area contributed by atoms with Crippen molar-refractivity contribution in [2.24, 2.45) is 5.73 Å². The first kappa shape index (κ1) is 15.4. The maximum atomic E-state index is 14.0. The van der Waals surface area contributed by atoms with Gasteiger partial charge in [0.05, 0.1) is 13.1 Å². The van der Waals surface area contributed by atoms with E-state index in [1.165, 1.54) is 6.07 Å². The highest BCUT2D eigenvalue weighted by Crippen LogP contribution is 2.27. The molecule has 1 atom stereocenters. The molecule has 1 saturated heterocycles. The standard InChI is InChI=1S/C15H18ClFN4O/c16-12-4-1-5-13(17)11(12)7-10-3-2-6-21(10)9-14-19-15(8-18)22-20-14/h1,4-5,10H,2-3,6-9,18H2. The van der Waals surface area contributed by atoms with Crippen LogP contribution in [-0.4, -0.2) is 27.6 Å². The molecule has 0 spiro atoms. The van der Waals surface area contributed by atoms with E-state index in [0.29, 0.717) is 35.3 Å². The number of benzene rings is 1. The summed E-state index contributed by atoms with van der Waals surface area (Å²) >= 11 is 6.13. The maximum Gasteiger partial charge on any atom is 0.240 e. The third kappa shape index (κ3) is 3.29. The highest BCUT2D eigenvalue weighted by molar-refractivity contribution is 6.31. The van der Waals surface area contributed by atoms with Gasteiger partial charge in [0.15, 0.2) is 5.82 Å². The van der Waals surface area contributed by atoms with Crippen molar-refractivity contribution in [1.82, 2.24) is 15.0 Å². The Morgan fingerprint density at radius 1 is 1.45 bits per heavy atom. The van der Waals surface area contributed by atoms with E-state index in [9.17, 15) is 4.39 Å². The second-order valence-electron chi connectivity index (χ2n) is 5.48. The normalized spacial score (nSPS) is 19.0. The fourth-order valence-electron chi connectivity index (χ4n) is 2.92. The molecule has 0 bridgehead atoms. The second-order valence-corrected chi connectivity index (χ2v) is 5.89. The lowest BCUT2D eigenvalue weighted by Gasteiger charge is -2.23. The minimum Gasteiger partial charge on any atom is -0.338 e. The van der Waals surface area contributed by atoms with Crippen molar-refractivity contribution in [2.75, 3.05) is 6.54 Å². The molecule has 0 amide bonds. The van der Waals surface area contributed by atoms with Gasteiger partial charge in [-0.25, -0.2) is 4.39 Å². The Hall–Kier alpha value is -1.50. The Morgan fingerprint density at radius 3 is 3.05 bits per heavy atom. The Balaban J connectivity index is 1.70. The molecule has 22 heavy (non-hydrogen) atoms. The van der Waals surface area contributed by atoms with E-state index in [2.05, 4.69) is 15.0 Å². The minimum atomic E-state index is -0.246. The van der Waals surface area contributed by atoms with Gasteiger partial charge >= 0.3 is 0 Å². The van der Waals surface area contributed by atoms with Crippen LogP contribution in [0.3, 0.4) is 0 Å². The lowest BCUT2D eigenvalue weighted by Crippen LogP contribution is -2.31. The molecule has 2 aromatic rings. The summed E-state index contributed by atoms with van der Waals surface area (Å²) in [4.78, 5) is 6.47. The minimum absolute atomic E-state index is 0.231. The van der Waals surface area contributed by atoms with Crippen LogP contribution < -0.4 is 5.73 Å². The summed E-state index contributed by atoms with van der Waals surface area (Å²) < 4.78 is 19.0. The number of rotatable bonds is 5. The molecular formula is C15H18ClFN4O. The smallest absolute Gasteiger partial charge is 0.240 e. The summed E-state index contributed by atoms with van der Waals surface area (Å²) in [7, 11) is 0. The van der Waals surface area contributed by atoms with Crippen LogP contribution in [0.15, 0.2) is 22.7 Å². The molecule has 118 valence electrons. The molecule has 1 aromatic carbocycles. The quantitative estimate of drug-likeness (QED) is 0.915. The molecule has 3 rings (SSSR count). The first-order valence-corrected chi connectivity index (χ1v) is 7.73. The number of hydrogen-bond donors (Lipinski definition) is 1. The summed E-state index contributed by atoms with van der Waals surface area (Å²) in [6.45, 7) is 1.75. The Bertz CT molecular complexity index is 628. The van der Waals surface area contributed by atoms with Crippen LogP contribution in [0.25, 0.3) is 0 Å². The van der Waals surface area contributed by atoms with Crippen LogP contribution in [0.1, 0.15) is 30.1 Å². The van der Waals surface area contributed by atoms with E-state index in [-0.39, 0.29) is 18.4 Å². The molecule has 5 nitrogen and oxygen atoms in total. The van der Waals surface area contributed by atoms with Crippen molar-refractivity contribution in [3.63, 3.8) is 0 Å². The average molecular weight is 325 g/mol. The van der Waals surface area contributed by atoms with E-state index in [1.807, 2.05) is 0 Å². The summed E-state index contributed by atoms with van der Waals surface area (Å²) in [6, 6.07) is 5.04. The van der Waals surface area contributed by atoms with Crippen LogP contribution in [0.2, 0.25) is 5.02 Å². The molecule has 0 radical (unpaired) electrons. The van der Waals surface area contributed by atoms with Gasteiger partial charge in [-0.1, -0.05) is 22.8 Å². The molecule has 0 aliphatic carbocycles. The van der Waals surface area contributed by atoms with Crippen LogP contribution in [0.5, 0.6) is 0 Å². The molecule has 7 heteroatoms. The number of halogens is 2. The van der Waals surface area contributed by atoms with E-state index < -0.39 is 0 Å². The summed E-state index contributed by atoms with van der Waals surface area (Å²) in [5.41, 5.74) is 6.05. The second kappa shape index (κ2) is 6.73.